The predicted octanol–water partition coefficient (Wildman–Crippen LogP) is 5.10. The fourth-order valence-electron chi connectivity index (χ4n) is 4.67. The van der Waals surface area contributed by atoms with Gasteiger partial charge in [-0.2, -0.15) is 10.2 Å². The molecule has 1 aliphatic heterocycles. The maximum atomic E-state index is 13.3. The molecule has 1 atom stereocenters. The summed E-state index contributed by atoms with van der Waals surface area (Å²) in [5.74, 6) is -0.275. The fourth-order valence-corrected chi connectivity index (χ4v) is 4.67. The second-order valence-electron chi connectivity index (χ2n) is 9.05. The highest BCUT2D eigenvalue weighted by atomic mass is 16.5. The molecule has 1 N–H and O–H groups in total. The molecule has 1 aliphatic rings. The molecule has 1 aromatic heterocycles. The predicted molar refractivity (Wildman–Crippen MR) is 146 cm³/mol. The highest BCUT2D eigenvalue weighted by Crippen LogP contribution is 2.39. The number of benzene rings is 3. The van der Waals surface area contributed by atoms with Crippen LogP contribution in [0.4, 0.5) is 0 Å². The quantitative estimate of drug-likeness (QED) is 0.327. The van der Waals surface area contributed by atoms with E-state index in [2.05, 4.69) is 0 Å². The van der Waals surface area contributed by atoms with E-state index in [1.165, 1.54) is 5.01 Å². The first-order valence-corrected chi connectivity index (χ1v) is 12.5. The Morgan fingerprint density at radius 1 is 0.897 bits per heavy atom. The van der Waals surface area contributed by atoms with Gasteiger partial charge < -0.3 is 14.6 Å². The Morgan fingerprint density at radius 3 is 2.26 bits per heavy atom. The van der Waals surface area contributed by atoms with Crippen molar-refractivity contribution >= 4 is 17.6 Å². The lowest BCUT2D eigenvalue weighted by Crippen LogP contribution is -2.27. The van der Waals surface area contributed by atoms with Gasteiger partial charge in [-0.3, -0.25) is 9.59 Å². The van der Waals surface area contributed by atoms with Gasteiger partial charge in [0.25, 0.3) is 0 Å². The van der Waals surface area contributed by atoms with Gasteiger partial charge in [0.1, 0.15) is 0 Å². The first-order chi connectivity index (χ1) is 19.0. The van der Waals surface area contributed by atoms with Crippen LogP contribution >= 0.6 is 0 Å². The zero-order chi connectivity index (χ0) is 27.4. The molecule has 0 bridgehead atoms. The van der Waals surface area contributed by atoms with Crippen molar-refractivity contribution in [1.29, 1.82) is 0 Å². The third kappa shape index (κ3) is 5.38. The number of hydrogen-bond acceptors (Lipinski definition) is 6. The zero-order valence-electron chi connectivity index (χ0n) is 21.7. The summed E-state index contributed by atoms with van der Waals surface area (Å²) < 4.78 is 12.6. The van der Waals surface area contributed by atoms with E-state index >= 15 is 0 Å². The second-order valence-corrected chi connectivity index (χ2v) is 9.05. The molecule has 198 valence electrons. The molecular formula is C30H28N4O5. The van der Waals surface area contributed by atoms with E-state index in [1.54, 1.807) is 25.0 Å². The van der Waals surface area contributed by atoms with Crippen molar-refractivity contribution in [2.45, 2.75) is 25.3 Å². The van der Waals surface area contributed by atoms with Gasteiger partial charge in [-0.05, 0) is 30.3 Å². The van der Waals surface area contributed by atoms with Crippen LogP contribution in [-0.2, 0) is 9.59 Å². The van der Waals surface area contributed by atoms with Crippen molar-refractivity contribution in [3.05, 3.63) is 96.2 Å². The van der Waals surface area contributed by atoms with Crippen molar-refractivity contribution in [2.75, 3.05) is 14.2 Å². The summed E-state index contributed by atoms with van der Waals surface area (Å²) in [7, 11) is 3.13. The lowest BCUT2D eigenvalue weighted by Gasteiger charge is -2.21. The van der Waals surface area contributed by atoms with Crippen LogP contribution in [-0.4, -0.2) is 51.7 Å². The number of methoxy groups -OCH3 is 2. The van der Waals surface area contributed by atoms with Crippen molar-refractivity contribution in [2.24, 2.45) is 5.10 Å². The molecule has 0 fully saturated rings. The van der Waals surface area contributed by atoms with E-state index < -0.39 is 12.0 Å². The summed E-state index contributed by atoms with van der Waals surface area (Å²) in [5.41, 5.74) is 4.78. The molecule has 1 amide bonds. The number of carbonyl (C=O) groups excluding carboxylic acids is 1. The van der Waals surface area contributed by atoms with E-state index in [9.17, 15) is 14.7 Å². The Labute approximate surface area is 225 Å². The Hall–Kier alpha value is -4.92. The van der Waals surface area contributed by atoms with Crippen molar-refractivity contribution in [3.63, 3.8) is 0 Å². The van der Waals surface area contributed by atoms with E-state index in [0.717, 1.165) is 28.1 Å². The standard InChI is InChI=1S/C30H28N4O5/c1-38-26-14-13-21(17-27(26)39-2)24-18-25(34(31-24)28(35)15-16-29(36)37)23-19-33(22-11-7-4-8-12-22)32-30(23)20-9-5-3-6-10-20/h3-14,17,19,25H,15-16,18H2,1-2H3,(H,36,37)/t25-/m0/s1. The average molecular weight is 525 g/mol. The average Bonchev–Trinajstić information content (AvgIpc) is 3.62. The summed E-state index contributed by atoms with van der Waals surface area (Å²) in [4.78, 5) is 24.6. The molecule has 9 heteroatoms. The maximum absolute atomic E-state index is 13.3. The normalized spacial score (nSPS) is 14.7. The third-order valence-electron chi connectivity index (χ3n) is 6.60. The Bertz CT molecular complexity index is 1520. The molecule has 9 nitrogen and oxygen atoms in total. The number of aromatic nitrogens is 2. The molecule has 0 spiro atoms. The lowest BCUT2D eigenvalue weighted by atomic mass is 9.96. The molecule has 0 saturated carbocycles. The van der Waals surface area contributed by atoms with Crippen LogP contribution in [0.1, 0.15) is 36.4 Å². The van der Waals surface area contributed by atoms with Crippen LogP contribution < -0.4 is 9.47 Å². The SMILES string of the molecule is COc1ccc(C2=NN(C(=O)CCC(=O)O)[C@H](c3cn(-c4ccccc4)nc3-c3ccccc3)C2)cc1OC. The van der Waals surface area contributed by atoms with Gasteiger partial charge >= 0.3 is 5.97 Å². The van der Waals surface area contributed by atoms with E-state index in [0.29, 0.717) is 23.6 Å². The number of hydrogen-bond donors (Lipinski definition) is 1. The molecule has 0 radical (unpaired) electrons. The topological polar surface area (TPSA) is 106 Å². The van der Waals surface area contributed by atoms with Gasteiger partial charge in [-0.15, -0.1) is 0 Å². The number of ether oxygens (including phenoxy) is 2. The van der Waals surface area contributed by atoms with Crippen LogP contribution in [0.25, 0.3) is 16.9 Å². The van der Waals surface area contributed by atoms with Crippen LogP contribution in [0.2, 0.25) is 0 Å². The molecule has 0 saturated heterocycles. The highest BCUT2D eigenvalue weighted by Gasteiger charge is 2.36. The number of para-hydroxylation sites is 1. The van der Waals surface area contributed by atoms with Crippen LogP contribution in [0.3, 0.4) is 0 Å². The minimum Gasteiger partial charge on any atom is -0.493 e. The summed E-state index contributed by atoms with van der Waals surface area (Å²) in [6.45, 7) is 0. The number of hydrazone groups is 1. The lowest BCUT2D eigenvalue weighted by molar-refractivity contribution is -0.141. The Morgan fingerprint density at radius 2 is 1.59 bits per heavy atom. The number of carbonyl (C=O) groups is 2. The van der Waals surface area contributed by atoms with Gasteiger partial charge in [0.2, 0.25) is 5.91 Å². The minimum absolute atomic E-state index is 0.165. The van der Waals surface area contributed by atoms with Crippen LogP contribution in [0.15, 0.2) is 90.2 Å². The van der Waals surface area contributed by atoms with Gasteiger partial charge in [-0.1, -0.05) is 48.5 Å². The van der Waals surface area contributed by atoms with Gasteiger partial charge in [0.15, 0.2) is 11.5 Å². The second kappa shape index (κ2) is 11.2. The molecule has 2 heterocycles. The monoisotopic (exact) mass is 524 g/mol. The Kier molecular flexibility index (Phi) is 7.40. The van der Waals surface area contributed by atoms with E-state index in [4.69, 9.17) is 19.7 Å². The molecule has 0 aliphatic carbocycles. The molecule has 3 aromatic carbocycles. The number of amides is 1. The van der Waals surface area contributed by atoms with Crippen molar-refractivity contribution in [1.82, 2.24) is 14.8 Å². The Balaban J connectivity index is 1.60. The number of carboxylic acids is 1. The van der Waals surface area contributed by atoms with Gasteiger partial charge in [-0.25, -0.2) is 9.69 Å². The first-order valence-electron chi connectivity index (χ1n) is 12.5. The van der Waals surface area contributed by atoms with Gasteiger partial charge in [0, 0.05) is 35.7 Å². The fraction of sp³-hybridized carbons (Fsp3) is 0.200. The first kappa shape index (κ1) is 25.7. The number of nitrogens with zero attached hydrogens (tertiary/aromatic N) is 4. The third-order valence-corrected chi connectivity index (χ3v) is 6.60. The van der Waals surface area contributed by atoms with Crippen molar-refractivity contribution in [3.8, 4) is 28.4 Å². The molecule has 0 unspecified atom stereocenters. The largest absolute Gasteiger partial charge is 0.493 e. The zero-order valence-corrected chi connectivity index (χ0v) is 21.7. The summed E-state index contributed by atoms with van der Waals surface area (Å²) in [6.07, 6.45) is 1.89. The van der Waals surface area contributed by atoms with Crippen molar-refractivity contribution < 1.29 is 24.2 Å². The summed E-state index contributed by atoms with van der Waals surface area (Å²) in [6, 6.07) is 24.5. The highest BCUT2D eigenvalue weighted by molar-refractivity contribution is 6.04. The molecule has 4 aromatic rings. The summed E-state index contributed by atoms with van der Waals surface area (Å²) in [5, 5.41) is 20.2. The molecular weight excluding hydrogens is 496 g/mol. The number of carboxylic acid groups (broad SMARTS) is 1. The smallest absolute Gasteiger partial charge is 0.303 e. The summed E-state index contributed by atoms with van der Waals surface area (Å²) >= 11 is 0. The maximum Gasteiger partial charge on any atom is 0.303 e. The van der Waals surface area contributed by atoms with Gasteiger partial charge in [0.05, 0.1) is 43.8 Å². The van der Waals surface area contributed by atoms with Crippen LogP contribution in [0.5, 0.6) is 11.5 Å². The van der Waals surface area contributed by atoms with Crippen LogP contribution in [0, 0.1) is 0 Å². The van der Waals surface area contributed by atoms with E-state index in [1.807, 2.05) is 79.0 Å². The molecule has 5 rings (SSSR count). The van der Waals surface area contributed by atoms with E-state index in [-0.39, 0.29) is 18.7 Å². The molecule has 39 heavy (non-hydrogen) atoms. The number of aliphatic carboxylic acids is 1. The number of rotatable bonds is 9. The minimum atomic E-state index is -1.04.